The van der Waals surface area contributed by atoms with Gasteiger partial charge in [-0.15, -0.1) is 11.3 Å². The van der Waals surface area contributed by atoms with Gasteiger partial charge in [-0.2, -0.15) is 0 Å². The third kappa shape index (κ3) is 5.57. The number of carbonyl (C=O) groups is 3. The quantitative estimate of drug-likeness (QED) is 0.565. The molecule has 9 heteroatoms. The topological polar surface area (TPSA) is 93.1 Å². The van der Waals surface area contributed by atoms with Crippen molar-refractivity contribution >= 4 is 45.1 Å². The summed E-state index contributed by atoms with van der Waals surface area (Å²) < 4.78 is 10.6. The van der Waals surface area contributed by atoms with E-state index in [1.54, 1.807) is 4.90 Å². The lowest BCUT2D eigenvalue weighted by molar-refractivity contribution is -0.139. The molecular formula is C20H22BrNO6S. The second kappa shape index (κ2) is 9.89. The normalized spacial score (nSPS) is 10.7. The van der Waals surface area contributed by atoms with Crippen molar-refractivity contribution in [2.45, 2.75) is 33.4 Å². The molecule has 1 N–H and O–H groups in total. The van der Waals surface area contributed by atoms with Gasteiger partial charge in [0.25, 0.3) is 0 Å². The zero-order chi connectivity index (χ0) is 21.7. The fraction of sp³-hybridized carbons (Fsp3) is 0.350. The van der Waals surface area contributed by atoms with E-state index in [0.717, 1.165) is 22.5 Å². The van der Waals surface area contributed by atoms with E-state index < -0.39 is 18.5 Å². The predicted molar refractivity (Wildman–Crippen MR) is 113 cm³/mol. The molecule has 0 fully saturated rings. The van der Waals surface area contributed by atoms with Gasteiger partial charge in [0.2, 0.25) is 5.91 Å². The Hall–Kier alpha value is -2.39. The van der Waals surface area contributed by atoms with Crippen LogP contribution in [0.3, 0.4) is 0 Å². The second-order valence-corrected chi connectivity index (χ2v) is 8.33. The first-order chi connectivity index (χ1) is 13.6. The van der Waals surface area contributed by atoms with Gasteiger partial charge < -0.3 is 19.5 Å². The molecule has 0 aliphatic heterocycles. The number of esters is 1. The van der Waals surface area contributed by atoms with E-state index in [4.69, 9.17) is 14.6 Å². The Labute approximate surface area is 181 Å². The number of methoxy groups -OCH3 is 1. The van der Waals surface area contributed by atoms with Crippen molar-refractivity contribution in [2.24, 2.45) is 0 Å². The minimum Gasteiger partial charge on any atom is -0.479 e. The van der Waals surface area contributed by atoms with Crippen LogP contribution in [0.15, 0.2) is 28.7 Å². The average Bonchev–Trinajstić information content (AvgIpc) is 3.00. The predicted octanol–water partition coefficient (Wildman–Crippen LogP) is 4.18. The SMILES string of the molecule is COC(=O)c1sc(-c2cccc(CN(C(C)=O)C(C)C)c2)c(Br)c1OCC(=O)O. The first kappa shape index (κ1) is 22.9. The van der Waals surface area contributed by atoms with Crippen LogP contribution in [-0.4, -0.2) is 47.6 Å². The molecular weight excluding hydrogens is 462 g/mol. The number of benzene rings is 1. The number of aliphatic carboxylic acids is 1. The van der Waals surface area contributed by atoms with E-state index in [1.165, 1.54) is 14.0 Å². The van der Waals surface area contributed by atoms with Crippen molar-refractivity contribution in [2.75, 3.05) is 13.7 Å². The van der Waals surface area contributed by atoms with Crippen molar-refractivity contribution in [3.05, 3.63) is 39.2 Å². The van der Waals surface area contributed by atoms with Crippen molar-refractivity contribution in [3.8, 4) is 16.2 Å². The van der Waals surface area contributed by atoms with Gasteiger partial charge in [-0.1, -0.05) is 18.2 Å². The number of hydrogen-bond donors (Lipinski definition) is 1. The molecule has 0 spiro atoms. The van der Waals surface area contributed by atoms with Crippen LogP contribution in [0.2, 0.25) is 0 Å². The van der Waals surface area contributed by atoms with Gasteiger partial charge >= 0.3 is 11.9 Å². The number of amides is 1. The fourth-order valence-corrected chi connectivity index (χ4v) is 4.70. The molecule has 1 aromatic carbocycles. The second-order valence-electron chi connectivity index (χ2n) is 6.52. The third-order valence-electron chi connectivity index (χ3n) is 4.09. The largest absolute Gasteiger partial charge is 0.479 e. The fourth-order valence-electron chi connectivity index (χ4n) is 2.74. The van der Waals surface area contributed by atoms with Gasteiger partial charge in [0, 0.05) is 19.5 Å². The van der Waals surface area contributed by atoms with Crippen LogP contribution in [0.1, 0.15) is 36.0 Å². The number of halogens is 1. The molecule has 0 saturated heterocycles. The minimum atomic E-state index is -1.15. The molecule has 0 atom stereocenters. The minimum absolute atomic E-state index is 0.0139. The standard InChI is InChI=1S/C20H22BrNO6S/c1-11(2)22(12(3)23)9-13-6-5-7-14(8-13)18-16(21)17(28-10-15(24)25)19(29-18)20(26)27-4/h5-8,11H,9-10H2,1-4H3,(H,24,25). The Bertz CT molecular complexity index is 924. The molecule has 0 aliphatic rings. The third-order valence-corrected chi connectivity index (χ3v) is 6.31. The van der Waals surface area contributed by atoms with Gasteiger partial charge in [-0.05, 0) is 47.0 Å². The highest BCUT2D eigenvalue weighted by Gasteiger charge is 2.25. The molecule has 0 unspecified atom stereocenters. The van der Waals surface area contributed by atoms with Crippen molar-refractivity contribution in [3.63, 3.8) is 0 Å². The molecule has 1 amide bonds. The number of thiophene rings is 1. The summed E-state index contributed by atoms with van der Waals surface area (Å²) in [6.45, 7) is 5.32. The maximum absolute atomic E-state index is 12.1. The first-order valence-electron chi connectivity index (χ1n) is 8.77. The van der Waals surface area contributed by atoms with Crippen LogP contribution in [0.25, 0.3) is 10.4 Å². The van der Waals surface area contributed by atoms with Crippen molar-refractivity contribution in [1.82, 2.24) is 4.90 Å². The molecule has 7 nitrogen and oxygen atoms in total. The van der Waals surface area contributed by atoms with E-state index in [-0.39, 0.29) is 22.6 Å². The molecule has 0 radical (unpaired) electrons. The lowest BCUT2D eigenvalue weighted by atomic mass is 10.1. The van der Waals surface area contributed by atoms with Crippen LogP contribution in [0, 0.1) is 0 Å². The van der Waals surface area contributed by atoms with Crippen LogP contribution in [0.4, 0.5) is 0 Å². The van der Waals surface area contributed by atoms with E-state index >= 15 is 0 Å². The average molecular weight is 484 g/mol. The van der Waals surface area contributed by atoms with E-state index in [1.807, 2.05) is 38.1 Å². The molecule has 1 heterocycles. The lowest BCUT2D eigenvalue weighted by Crippen LogP contribution is -2.34. The zero-order valence-corrected chi connectivity index (χ0v) is 18.9. The Morgan fingerprint density at radius 1 is 1.28 bits per heavy atom. The number of nitrogens with zero attached hydrogens (tertiary/aromatic N) is 1. The zero-order valence-electron chi connectivity index (χ0n) is 16.5. The Morgan fingerprint density at radius 2 is 1.97 bits per heavy atom. The highest BCUT2D eigenvalue weighted by Crippen LogP contribution is 2.46. The summed E-state index contributed by atoms with van der Waals surface area (Å²) in [7, 11) is 1.25. The number of rotatable bonds is 8. The van der Waals surface area contributed by atoms with Gasteiger partial charge in [-0.25, -0.2) is 9.59 Å². The Kier molecular flexibility index (Phi) is 7.80. The van der Waals surface area contributed by atoms with Crippen LogP contribution < -0.4 is 4.74 Å². The van der Waals surface area contributed by atoms with Crippen molar-refractivity contribution < 1.29 is 29.0 Å². The number of carbonyl (C=O) groups excluding carboxylic acids is 2. The van der Waals surface area contributed by atoms with E-state index in [0.29, 0.717) is 15.9 Å². The lowest BCUT2D eigenvalue weighted by Gasteiger charge is -2.25. The summed E-state index contributed by atoms with van der Waals surface area (Å²) in [5, 5.41) is 8.90. The summed E-state index contributed by atoms with van der Waals surface area (Å²) in [6, 6.07) is 7.65. The van der Waals surface area contributed by atoms with E-state index in [9.17, 15) is 14.4 Å². The van der Waals surface area contributed by atoms with Crippen LogP contribution >= 0.6 is 27.3 Å². The molecule has 0 bridgehead atoms. The smallest absolute Gasteiger partial charge is 0.351 e. The maximum Gasteiger partial charge on any atom is 0.351 e. The molecule has 2 aromatic rings. The first-order valence-corrected chi connectivity index (χ1v) is 10.4. The molecule has 2 rings (SSSR count). The number of carboxylic acid groups (broad SMARTS) is 1. The molecule has 29 heavy (non-hydrogen) atoms. The van der Waals surface area contributed by atoms with Gasteiger partial charge in [-0.3, -0.25) is 4.79 Å². The van der Waals surface area contributed by atoms with Crippen LogP contribution in [-0.2, 0) is 20.9 Å². The molecule has 0 saturated carbocycles. The summed E-state index contributed by atoms with van der Waals surface area (Å²) >= 11 is 4.57. The van der Waals surface area contributed by atoms with Gasteiger partial charge in [0.1, 0.15) is 0 Å². The maximum atomic E-state index is 12.1. The highest BCUT2D eigenvalue weighted by atomic mass is 79.9. The van der Waals surface area contributed by atoms with Crippen LogP contribution in [0.5, 0.6) is 5.75 Å². The number of hydrogen-bond acceptors (Lipinski definition) is 6. The van der Waals surface area contributed by atoms with Crippen molar-refractivity contribution in [1.29, 1.82) is 0 Å². The Morgan fingerprint density at radius 3 is 2.52 bits per heavy atom. The Balaban J connectivity index is 2.45. The summed E-state index contributed by atoms with van der Waals surface area (Å²) in [6.07, 6.45) is 0. The monoisotopic (exact) mass is 483 g/mol. The number of ether oxygens (including phenoxy) is 2. The summed E-state index contributed by atoms with van der Waals surface area (Å²) in [5.41, 5.74) is 1.74. The molecule has 1 aromatic heterocycles. The molecule has 156 valence electrons. The van der Waals surface area contributed by atoms with E-state index in [2.05, 4.69) is 15.9 Å². The highest BCUT2D eigenvalue weighted by molar-refractivity contribution is 9.10. The summed E-state index contributed by atoms with van der Waals surface area (Å²) in [4.78, 5) is 37.5. The summed E-state index contributed by atoms with van der Waals surface area (Å²) in [5.74, 6) is -1.64. The van der Waals surface area contributed by atoms with Gasteiger partial charge in [0.15, 0.2) is 17.2 Å². The number of carboxylic acids is 1. The molecule has 0 aliphatic carbocycles. The van der Waals surface area contributed by atoms with Gasteiger partial charge in [0.05, 0.1) is 16.5 Å².